The molecule has 364 valence electrons. The third kappa shape index (κ3) is 13.8. The van der Waals surface area contributed by atoms with Crippen molar-refractivity contribution < 1.29 is 33.5 Å². The van der Waals surface area contributed by atoms with E-state index in [9.17, 15) is 5.11 Å². The SMILES string of the molecule is C=C(c1ccc(OCc2ccccc2)cc1OCc1ccccc1)C(OCc1ccccc1)c1cc(O)cc(C(OCc2ccccc2)C(=C)c2ccc(OCc3ccccc3)cc2OCc2ccccc2)c1. The molecule has 0 fully saturated rings. The highest BCUT2D eigenvalue weighted by Crippen LogP contribution is 2.44. The van der Waals surface area contributed by atoms with E-state index in [0.29, 0.717) is 71.7 Å². The van der Waals surface area contributed by atoms with Crippen LogP contribution in [0.2, 0.25) is 0 Å². The van der Waals surface area contributed by atoms with Crippen LogP contribution in [0.25, 0.3) is 11.1 Å². The monoisotopic (exact) mass is 962 g/mol. The quantitative estimate of drug-likeness (QED) is 0.0646. The fourth-order valence-corrected chi connectivity index (χ4v) is 8.45. The first kappa shape index (κ1) is 49.4. The molecule has 0 aliphatic carbocycles. The molecule has 9 rings (SSSR count). The van der Waals surface area contributed by atoms with Crippen molar-refractivity contribution in [2.45, 2.75) is 51.8 Å². The molecule has 0 bridgehead atoms. The molecule has 0 spiro atoms. The average Bonchev–Trinajstić information content (AvgIpc) is 3.44. The van der Waals surface area contributed by atoms with Gasteiger partial charge in [-0.1, -0.05) is 195 Å². The molecule has 0 aromatic heterocycles. The predicted octanol–water partition coefficient (Wildman–Crippen LogP) is 15.7. The summed E-state index contributed by atoms with van der Waals surface area (Å²) in [7, 11) is 0. The van der Waals surface area contributed by atoms with Crippen molar-refractivity contribution in [3.63, 3.8) is 0 Å². The van der Waals surface area contributed by atoms with Crippen LogP contribution in [0, 0.1) is 0 Å². The van der Waals surface area contributed by atoms with E-state index in [1.807, 2.05) is 224 Å². The van der Waals surface area contributed by atoms with Gasteiger partial charge < -0.3 is 33.5 Å². The van der Waals surface area contributed by atoms with E-state index < -0.39 is 12.2 Å². The van der Waals surface area contributed by atoms with Gasteiger partial charge in [0.1, 0.15) is 67.4 Å². The fraction of sp³-hybridized carbons (Fsp3) is 0.121. The Morgan fingerprint density at radius 3 is 0.932 bits per heavy atom. The summed E-state index contributed by atoms with van der Waals surface area (Å²) in [5.74, 6) is 2.45. The molecule has 0 saturated carbocycles. The van der Waals surface area contributed by atoms with Crippen molar-refractivity contribution in [1.29, 1.82) is 0 Å². The number of hydrogen-bond donors (Lipinski definition) is 1. The third-order valence-corrected chi connectivity index (χ3v) is 12.3. The molecule has 9 aromatic rings. The van der Waals surface area contributed by atoms with E-state index in [2.05, 4.69) is 0 Å². The minimum atomic E-state index is -0.768. The van der Waals surface area contributed by atoms with Gasteiger partial charge in [-0.25, -0.2) is 0 Å². The van der Waals surface area contributed by atoms with Crippen molar-refractivity contribution in [2.75, 3.05) is 0 Å². The van der Waals surface area contributed by atoms with Gasteiger partial charge in [-0.2, -0.15) is 0 Å². The van der Waals surface area contributed by atoms with Gasteiger partial charge in [0.15, 0.2) is 0 Å². The molecule has 0 aliphatic rings. The maximum absolute atomic E-state index is 11.8. The van der Waals surface area contributed by atoms with E-state index in [1.165, 1.54) is 0 Å². The molecular formula is C66H58O7. The number of phenols is 1. The topological polar surface area (TPSA) is 75.6 Å². The lowest BCUT2D eigenvalue weighted by Gasteiger charge is -2.27. The van der Waals surface area contributed by atoms with Gasteiger partial charge in [-0.05, 0) is 98.1 Å². The van der Waals surface area contributed by atoms with Crippen LogP contribution < -0.4 is 18.9 Å². The first-order valence-corrected chi connectivity index (χ1v) is 24.4. The summed E-state index contributed by atoms with van der Waals surface area (Å²) in [5.41, 5.74) is 10.1. The maximum atomic E-state index is 11.8. The molecule has 0 saturated heterocycles. The van der Waals surface area contributed by atoms with Crippen LogP contribution in [0.5, 0.6) is 28.7 Å². The molecule has 7 nitrogen and oxygen atoms in total. The minimum Gasteiger partial charge on any atom is -0.508 e. The number of hydrogen-bond acceptors (Lipinski definition) is 7. The number of benzene rings is 9. The summed E-state index contributed by atoms with van der Waals surface area (Å²) in [5, 5.41) is 11.8. The highest BCUT2D eigenvalue weighted by molar-refractivity contribution is 5.76. The Bertz CT molecular complexity index is 2950. The Hall–Kier alpha value is -8.62. The van der Waals surface area contributed by atoms with Gasteiger partial charge in [0.25, 0.3) is 0 Å². The second-order valence-electron chi connectivity index (χ2n) is 17.7. The van der Waals surface area contributed by atoms with Crippen molar-refractivity contribution >= 4 is 11.1 Å². The van der Waals surface area contributed by atoms with Crippen LogP contribution >= 0.6 is 0 Å². The zero-order chi connectivity index (χ0) is 50.0. The smallest absolute Gasteiger partial charge is 0.131 e. The molecule has 2 unspecified atom stereocenters. The number of rotatable bonds is 24. The van der Waals surface area contributed by atoms with E-state index in [-0.39, 0.29) is 19.0 Å². The molecule has 9 aromatic carbocycles. The van der Waals surface area contributed by atoms with Crippen molar-refractivity contribution in [1.82, 2.24) is 0 Å². The maximum Gasteiger partial charge on any atom is 0.131 e. The van der Waals surface area contributed by atoms with E-state index in [0.717, 1.165) is 44.5 Å². The van der Waals surface area contributed by atoms with Crippen molar-refractivity contribution in [3.8, 4) is 28.7 Å². The van der Waals surface area contributed by atoms with Crippen LogP contribution in [-0.4, -0.2) is 5.11 Å². The molecule has 0 heterocycles. The number of phenolic OH excluding ortho intramolecular Hbond substituents is 1. The second kappa shape index (κ2) is 25.0. The Morgan fingerprint density at radius 1 is 0.329 bits per heavy atom. The molecule has 1 N–H and O–H groups in total. The van der Waals surface area contributed by atoms with E-state index in [4.69, 9.17) is 41.6 Å². The van der Waals surface area contributed by atoms with Gasteiger partial charge >= 0.3 is 0 Å². The van der Waals surface area contributed by atoms with Gasteiger partial charge in [0.05, 0.1) is 13.2 Å². The number of aromatic hydroxyl groups is 1. The van der Waals surface area contributed by atoms with Gasteiger partial charge in [-0.3, -0.25) is 0 Å². The normalized spacial score (nSPS) is 11.8. The first-order chi connectivity index (χ1) is 35.9. The highest BCUT2D eigenvalue weighted by atomic mass is 16.5. The molecule has 0 amide bonds. The van der Waals surface area contributed by atoms with Crippen LogP contribution in [-0.2, 0) is 49.1 Å². The average molecular weight is 963 g/mol. The van der Waals surface area contributed by atoms with Crippen LogP contribution in [0.15, 0.2) is 250 Å². The molecule has 2 atom stereocenters. The molecule has 0 radical (unpaired) electrons. The Labute approximate surface area is 428 Å². The minimum absolute atomic E-state index is 0.0187. The van der Waals surface area contributed by atoms with Gasteiger partial charge in [-0.15, -0.1) is 0 Å². The summed E-state index contributed by atoms with van der Waals surface area (Å²) in [6, 6.07) is 77.1. The Kier molecular flexibility index (Phi) is 16.9. The number of ether oxygens (including phenoxy) is 6. The van der Waals surface area contributed by atoms with Gasteiger partial charge in [0.2, 0.25) is 0 Å². The second-order valence-corrected chi connectivity index (χ2v) is 17.7. The zero-order valence-electron chi connectivity index (χ0n) is 40.7. The molecular weight excluding hydrogens is 905 g/mol. The lowest BCUT2D eigenvalue weighted by molar-refractivity contribution is 0.0739. The lowest BCUT2D eigenvalue weighted by atomic mass is 9.90. The summed E-state index contributed by atoms with van der Waals surface area (Å²) in [4.78, 5) is 0. The first-order valence-electron chi connectivity index (χ1n) is 24.4. The largest absolute Gasteiger partial charge is 0.508 e. The van der Waals surface area contributed by atoms with Crippen LogP contribution in [0.1, 0.15) is 67.8 Å². The Morgan fingerprint density at radius 2 is 0.616 bits per heavy atom. The summed E-state index contributed by atoms with van der Waals surface area (Å²) < 4.78 is 39.7. The van der Waals surface area contributed by atoms with Crippen molar-refractivity contribution in [2.24, 2.45) is 0 Å². The summed E-state index contributed by atoms with van der Waals surface area (Å²) >= 11 is 0. The molecule has 73 heavy (non-hydrogen) atoms. The Balaban J connectivity index is 1.09. The fourth-order valence-electron chi connectivity index (χ4n) is 8.45. The predicted molar refractivity (Wildman–Crippen MR) is 290 cm³/mol. The van der Waals surface area contributed by atoms with Gasteiger partial charge in [0, 0.05) is 23.3 Å². The van der Waals surface area contributed by atoms with Crippen LogP contribution in [0.4, 0.5) is 0 Å². The third-order valence-electron chi connectivity index (χ3n) is 12.3. The molecule has 7 heteroatoms. The van der Waals surface area contributed by atoms with Crippen LogP contribution in [0.3, 0.4) is 0 Å². The summed E-state index contributed by atoms with van der Waals surface area (Å²) in [6.07, 6.45) is -1.54. The van der Waals surface area contributed by atoms with Crippen molar-refractivity contribution in [3.05, 3.63) is 305 Å². The standard InChI is InChI=1S/C66H58O7/c1-48(61-35-33-59(68-42-50-21-9-3-10-22-50)40-63(61)70-44-52-25-13-5-14-26-52)65(72-46-54-29-17-7-18-30-54)56-37-57(39-58(67)38-56)66(73-47-55-31-19-8-20-32-55)49(2)62-36-34-60(69-43-51-23-11-4-12-24-51)41-64(62)71-45-53-27-15-6-16-28-53/h3-41,65-67H,1-2,42-47H2. The molecule has 0 aliphatic heterocycles. The zero-order valence-corrected chi connectivity index (χ0v) is 40.7. The van der Waals surface area contributed by atoms with E-state index in [1.54, 1.807) is 12.1 Å². The summed E-state index contributed by atoms with van der Waals surface area (Å²) in [6.45, 7) is 11.3. The highest BCUT2D eigenvalue weighted by Gasteiger charge is 2.27. The lowest BCUT2D eigenvalue weighted by Crippen LogP contribution is -2.12. The van der Waals surface area contributed by atoms with E-state index >= 15 is 0 Å².